The van der Waals surface area contributed by atoms with E-state index in [1.54, 1.807) is 30.3 Å². The van der Waals surface area contributed by atoms with Crippen LogP contribution in [-0.4, -0.2) is 12.2 Å². The van der Waals surface area contributed by atoms with Gasteiger partial charge in [-0.25, -0.2) is 4.39 Å². The molecule has 2 aromatic carbocycles. The Morgan fingerprint density at radius 3 is 2.60 bits per heavy atom. The molecule has 2 aromatic rings. The van der Waals surface area contributed by atoms with Gasteiger partial charge in [-0.3, -0.25) is 0 Å². The lowest BCUT2D eigenvalue weighted by Crippen LogP contribution is -2.04. The summed E-state index contributed by atoms with van der Waals surface area (Å²) in [4.78, 5) is 0. The standard InChI is InChI=1S/C15H13Cl2FO2/c1-20-14-6-5-9(7-12(14)17)13(19)8-10-3-2-4-11(16)15(10)18/h2-7,13,19H,8H2,1H3. The average Bonchev–Trinajstić information content (AvgIpc) is 2.43. The van der Waals surface area contributed by atoms with Gasteiger partial charge in [-0.05, 0) is 29.3 Å². The maximum absolute atomic E-state index is 13.8. The topological polar surface area (TPSA) is 29.5 Å². The Morgan fingerprint density at radius 2 is 1.95 bits per heavy atom. The second-order valence-electron chi connectivity index (χ2n) is 4.33. The van der Waals surface area contributed by atoms with Crippen molar-refractivity contribution in [2.45, 2.75) is 12.5 Å². The normalized spacial score (nSPS) is 12.2. The van der Waals surface area contributed by atoms with Crippen molar-refractivity contribution in [3.05, 3.63) is 63.4 Å². The summed E-state index contributed by atoms with van der Waals surface area (Å²) >= 11 is 11.7. The summed E-state index contributed by atoms with van der Waals surface area (Å²) in [5.41, 5.74) is 0.951. The third-order valence-corrected chi connectivity index (χ3v) is 3.59. The lowest BCUT2D eigenvalue weighted by molar-refractivity contribution is 0.177. The van der Waals surface area contributed by atoms with Crippen molar-refractivity contribution in [3.63, 3.8) is 0 Å². The van der Waals surface area contributed by atoms with Crippen LogP contribution in [0.5, 0.6) is 5.75 Å². The number of rotatable bonds is 4. The monoisotopic (exact) mass is 314 g/mol. The molecule has 0 heterocycles. The summed E-state index contributed by atoms with van der Waals surface area (Å²) < 4.78 is 18.8. The Hall–Kier alpha value is -1.29. The molecule has 0 aliphatic carbocycles. The van der Waals surface area contributed by atoms with E-state index in [9.17, 15) is 9.50 Å². The predicted octanol–water partition coefficient (Wildman–Crippen LogP) is 4.42. The van der Waals surface area contributed by atoms with E-state index in [1.165, 1.54) is 13.2 Å². The highest BCUT2D eigenvalue weighted by Crippen LogP contribution is 2.29. The molecule has 0 saturated heterocycles. The van der Waals surface area contributed by atoms with E-state index in [0.29, 0.717) is 21.9 Å². The first-order valence-corrected chi connectivity index (χ1v) is 6.73. The largest absolute Gasteiger partial charge is 0.495 e. The molecule has 2 nitrogen and oxygen atoms in total. The molecule has 5 heteroatoms. The summed E-state index contributed by atoms with van der Waals surface area (Å²) in [5.74, 6) is 0.0179. The molecule has 0 aromatic heterocycles. The minimum atomic E-state index is -0.869. The Morgan fingerprint density at radius 1 is 1.20 bits per heavy atom. The molecule has 106 valence electrons. The van der Waals surface area contributed by atoms with Gasteiger partial charge in [0.2, 0.25) is 0 Å². The van der Waals surface area contributed by atoms with E-state index in [1.807, 2.05) is 0 Å². The van der Waals surface area contributed by atoms with Crippen molar-refractivity contribution >= 4 is 23.2 Å². The third kappa shape index (κ3) is 3.23. The van der Waals surface area contributed by atoms with Gasteiger partial charge < -0.3 is 9.84 Å². The average molecular weight is 315 g/mol. The lowest BCUT2D eigenvalue weighted by atomic mass is 10.0. The predicted molar refractivity (Wildman–Crippen MR) is 78.1 cm³/mol. The van der Waals surface area contributed by atoms with Crippen LogP contribution in [0.4, 0.5) is 4.39 Å². The SMILES string of the molecule is COc1ccc(C(O)Cc2cccc(Cl)c2F)cc1Cl. The number of ether oxygens (including phenoxy) is 1. The second-order valence-corrected chi connectivity index (χ2v) is 5.14. The van der Waals surface area contributed by atoms with Gasteiger partial charge in [0.15, 0.2) is 0 Å². The number of aliphatic hydroxyl groups is 1. The van der Waals surface area contributed by atoms with Crippen LogP contribution in [-0.2, 0) is 6.42 Å². The highest BCUT2D eigenvalue weighted by atomic mass is 35.5. The smallest absolute Gasteiger partial charge is 0.145 e. The molecular weight excluding hydrogens is 302 g/mol. The van der Waals surface area contributed by atoms with Crippen LogP contribution in [0.15, 0.2) is 36.4 Å². The fourth-order valence-corrected chi connectivity index (χ4v) is 2.38. The number of benzene rings is 2. The van der Waals surface area contributed by atoms with Crippen molar-refractivity contribution in [2.75, 3.05) is 7.11 Å². The zero-order chi connectivity index (χ0) is 14.7. The molecule has 1 atom stereocenters. The number of halogens is 3. The molecule has 2 rings (SSSR count). The maximum Gasteiger partial charge on any atom is 0.145 e. The van der Waals surface area contributed by atoms with Crippen LogP contribution in [0.3, 0.4) is 0 Å². The molecule has 0 spiro atoms. The van der Waals surface area contributed by atoms with Gasteiger partial charge in [0, 0.05) is 6.42 Å². The first kappa shape index (κ1) is 15.1. The molecule has 0 aliphatic heterocycles. The van der Waals surface area contributed by atoms with Crippen molar-refractivity contribution in [1.29, 1.82) is 0 Å². The van der Waals surface area contributed by atoms with E-state index in [0.717, 1.165) is 0 Å². The molecule has 0 bridgehead atoms. The second kappa shape index (κ2) is 6.44. The van der Waals surface area contributed by atoms with Crippen LogP contribution in [0.25, 0.3) is 0 Å². The maximum atomic E-state index is 13.8. The third-order valence-electron chi connectivity index (χ3n) is 3.01. The van der Waals surface area contributed by atoms with Crippen molar-refractivity contribution < 1.29 is 14.2 Å². The Labute approximate surface area is 126 Å². The van der Waals surface area contributed by atoms with E-state index < -0.39 is 11.9 Å². The fraction of sp³-hybridized carbons (Fsp3) is 0.200. The summed E-state index contributed by atoms with van der Waals surface area (Å²) in [7, 11) is 1.51. The van der Waals surface area contributed by atoms with E-state index in [-0.39, 0.29) is 11.4 Å². The number of hydrogen-bond acceptors (Lipinski definition) is 2. The summed E-state index contributed by atoms with van der Waals surface area (Å²) in [6.45, 7) is 0. The van der Waals surface area contributed by atoms with Crippen LogP contribution in [0, 0.1) is 5.82 Å². The zero-order valence-corrected chi connectivity index (χ0v) is 12.2. The molecule has 20 heavy (non-hydrogen) atoms. The summed E-state index contributed by atoms with van der Waals surface area (Å²) in [6.07, 6.45) is -0.749. The van der Waals surface area contributed by atoms with Gasteiger partial charge >= 0.3 is 0 Å². The molecule has 0 radical (unpaired) electrons. The Kier molecular flexibility index (Phi) is 4.86. The zero-order valence-electron chi connectivity index (χ0n) is 10.7. The first-order chi connectivity index (χ1) is 9.52. The fourth-order valence-electron chi connectivity index (χ4n) is 1.92. The van der Waals surface area contributed by atoms with Gasteiger partial charge in [0.05, 0.1) is 23.3 Å². The molecule has 0 fully saturated rings. The number of aliphatic hydroxyl groups excluding tert-OH is 1. The number of hydrogen-bond donors (Lipinski definition) is 1. The highest BCUT2D eigenvalue weighted by molar-refractivity contribution is 6.32. The van der Waals surface area contributed by atoms with Gasteiger partial charge in [-0.1, -0.05) is 41.4 Å². The molecule has 0 amide bonds. The molecular formula is C15H13Cl2FO2. The number of methoxy groups -OCH3 is 1. The van der Waals surface area contributed by atoms with E-state index >= 15 is 0 Å². The van der Waals surface area contributed by atoms with Crippen LogP contribution in [0.1, 0.15) is 17.2 Å². The molecule has 1 unspecified atom stereocenters. The molecule has 1 N–H and O–H groups in total. The van der Waals surface area contributed by atoms with Crippen molar-refractivity contribution in [1.82, 2.24) is 0 Å². The van der Waals surface area contributed by atoms with Crippen LogP contribution >= 0.6 is 23.2 Å². The van der Waals surface area contributed by atoms with Gasteiger partial charge in [-0.15, -0.1) is 0 Å². The van der Waals surface area contributed by atoms with Crippen LogP contribution in [0.2, 0.25) is 10.0 Å². The van der Waals surface area contributed by atoms with Gasteiger partial charge in [-0.2, -0.15) is 0 Å². The van der Waals surface area contributed by atoms with E-state index in [2.05, 4.69) is 0 Å². The summed E-state index contributed by atoms with van der Waals surface area (Å²) in [6, 6.07) is 9.67. The minimum Gasteiger partial charge on any atom is -0.495 e. The Balaban J connectivity index is 2.21. The first-order valence-electron chi connectivity index (χ1n) is 5.97. The molecule has 0 aliphatic rings. The lowest BCUT2D eigenvalue weighted by Gasteiger charge is -2.13. The van der Waals surface area contributed by atoms with Gasteiger partial charge in [0.25, 0.3) is 0 Å². The van der Waals surface area contributed by atoms with E-state index in [4.69, 9.17) is 27.9 Å². The minimum absolute atomic E-state index is 0.0439. The molecule has 0 saturated carbocycles. The quantitative estimate of drug-likeness (QED) is 0.905. The van der Waals surface area contributed by atoms with Gasteiger partial charge in [0.1, 0.15) is 11.6 Å². The van der Waals surface area contributed by atoms with Crippen LogP contribution < -0.4 is 4.74 Å². The highest BCUT2D eigenvalue weighted by Gasteiger charge is 2.14. The van der Waals surface area contributed by atoms with Crippen molar-refractivity contribution in [2.24, 2.45) is 0 Å². The Bertz CT molecular complexity index is 617. The summed E-state index contributed by atoms with van der Waals surface area (Å²) in [5, 5.41) is 10.6. The van der Waals surface area contributed by atoms with Crippen molar-refractivity contribution in [3.8, 4) is 5.75 Å².